The van der Waals surface area contributed by atoms with E-state index in [9.17, 15) is 14.4 Å². The van der Waals surface area contributed by atoms with Gasteiger partial charge in [0.2, 0.25) is 0 Å². The molecule has 0 radical (unpaired) electrons. The van der Waals surface area contributed by atoms with Crippen molar-refractivity contribution in [3.8, 4) is 5.75 Å². The van der Waals surface area contributed by atoms with Gasteiger partial charge in [0.15, 0.2) is 29.5 Å². The number of thioether (sulfide) groups is 1. The molecule has 4 atom stereocenters. The highest BCUT2D eigenvalue weighted by Crippen LogP contribution is 2.35. The third-order valence-corrected chi connectivity index (χ3v) is 5.49. The second kappa shape index (κ2) is 9.58. The van der Waals surface area contributed by atoms with Crippen LogP contribution in [0, 0.1) is 10.6 Å². The van der Waals surface area contributed by atoms with Crippen LogP contribution < -0.4 is 4.74 Å². The Labute approximate surface area is 174 Å². The van der Waals surface area contributed by atoms with Crippen molar-refractivity contribution in [2.45, 2.75) is 51.4 Å². The van der Waals surface area contributed by atoms with Crippen molar-refractivity contribution in [1.82, 2.24) is 4.98 Å². The van der Waals surface area contributed by atoms with Gasteiger partial charge in [-0.2, -0.15) is 0 Å². The molecule has 2 heterocycles. The van der Waals surface area contributed by atoms with Crippen LogP contribution in [0.1, 0.15) is 26.5 Å². The number of carbonyl (C=O) groups is 3. The number of aromatic nitrogens is 1. The predicted octanol–water partition coefficient (Wildman–Crippen LogP) is 2.24. The van der Waals surface area contributed by atoms with E-state index in [1.165, 1.54) is 32.5 Å². The van der Waals surface area contributed by atoms with Crippen LogP contribution in [0.2, 0.25) is 0 Å². The molecule has 148 valence electrons. The van der Waals surface area contributed by atoms with Crippen molar-refractivity contribution >= 4 is 52.3 Å². The zero-order chi connectivity index (χ0) is 20.1. The van der Waals surface area contributed by atoms with Crippen LogP contribution in [-0.2, 0) is 28.6 Å². The Hall–Kier alpha value is -1.56. The second-order valence-corrected chi connectivity index (χ2v) is 8.01. The Bertz CT molecular complexity index is 729. The zero-order valence-corrected chi connectivity index (χ0v) is 18.2. The number of esters is 3. The molecule has 0 unspecified atom stereocenters. The van der Waals surface area contributed by atoms with E-state index in [1.54, 1.807) is 12.1 Å². The number of carbonyl (C=O) groups excluding carboxylic acids is 3. The molecule has 0 spiro atoms. The topological polar surface area (TPSA) is 101 Å². The first kappa shape index (κ1) is 21.7. The molecule has 0 N–H and O–H groups in total. The van der Waals surface area contributed by atoms with E-state index < -0.39 is 41.7 Å². The highest BCUT2D eigenvalue weighted by molar-refractivity contribution is 14.1. The Morgan fingerprint density at radius 2 is 1.63 bits per heavy atom. The van der Waals surface area contributed by atoms with Gasteiger partial charge in [0.25, 0.3) is 0 Å². The lowest BCUT2D eigenvalue weighted by Crippen LogP contribution is -2.55. The van der Waals surface area contributed by atoms with Gasteiger partial charge >= 0.3 is 17.9 Å². The number of ether oxygens (including phenoxy) is 4. The largest absolute Gasteiger partial charge is 0.473 e. The lowest BCUT2D eigenvalue weighted by molar-refractivity contribution is -0.186. The van der Waals surface area contributed by atoms with Crippen LogP contribution in [-0.4, -0.2) is 52.4 Å². The zero-order valence-electron chi connectivity index (χ0n) is 15.3. The van der Waals surface area contributed by atoms with Gasteiger partial charge in [0.05, 0.1) is 0 Å². The molecular formula is C17H20INO7S. The number of pyridine rings is 1. The number of hydrogen-bond acceptors (Lipinski definition) is 9. The summed E-state index contributed by atoms with van der Waals surface area (Å²) in [6.45, 7) is 5.61. The van der Waals surface area contributed by atoms with E-state index >= 15 is 0 Å². The van der Waals surface area contributed by atoms with Gasteiger partial charge in [-0.1, -0.05) is 0 Å². The molecule has 1 aromatic rings. The highest BCUT2D eigenvalue weighted by atomic mass is 127. The summed E-state index contributed by atoms with van der Waals surface area (Å²) >= 11 is 3.36. The van der Waals surface area contributed by atoms with E-state index in [0.29, 0.717) is 15.2 Å². The maximum atomic E-state index is 11.6. The van der Waals surface area contributed by atoms with E-state index in [2.05, 4.69) is 27.6 Å². The first-order valence-corrected chi connectivity index (χ1v) is 10.2. The highest BCUT2D eigenvalue weighted by Gasteiger charge is 2.47. The molecule has 8 nitrogen and oxygen atoms in total. The molecule has 27 heavy (non-hydrogen) atoms. The van der Waals surface area contributed by atoms with Crippen molar-refractivity contribution in [2.24, 2.45) is 0 Å². The van der Waals surface area contributed by atoms with Crippen molar-refractivity contribution < 1.29 is 33.3 Å². The quantitative estimate of drug-likeness (QED) is 0.256. The van der Waals surface area contributed by atoms with Crippen LogP contribution in [0.3, 0.4) is 0 Å². The van der Waals surface area contributed by atoms with Crippen LogP contribution in [0.25, 0.3) is 0 Å². The number of nitrogens with zero attached hydrogens (tertiary/aromatic N) is 1. The molecule has 1 aliphatic heterocycles. The molecule has 1 fully saturated rings. The Balaban J connectivity index is 2.30. The summed E-state index contributed by atoms with van der Waals surface area (Å²) in [5, 5.41) is 0. The van der Waals surface area contributed by atoms with Crippen LogP contribution in [0.4, 0.5) is 0 Å². The molecule has 10 heteroatoms. The summed E-state index contributed by atoms with van der Waals surface area (Å²) < 4.78 is 22.6. The van der Waals surface area contributed by atoms with E-state index in [4.69, 9.17) is 18.9 Å². The van der Waals surface area contributed by atoms with E-state index in [1.807, 2.05) is 6.92 Å². The average molecular weight is 509 g/mol. The minimum atomic E-state index is -0.974. The number of hydrogen-bond donors (Lipinski definition) is 0. The average Bonchev–Trinajstić information content (AvgIpc) is 2.53. The number of aryl methyl sites for hydroxylation is 1. The fourth-order valence-corrected chi connectivity index (χ4v) is 4.43. The molecule has 0 amide bonds. The predicted molar refractivity (Wildman–Crippen MR) is 105 cm³/mol. The Morgan fingerprint density at radius 1 is 1.04 bits per heavy atom. The van der Waals surface area contributed by atoms with Crippen molar-refractivity contribution in [2.75, 3.05) is 5.75 Å². The van der Waals surface area contributed by atoms with Crippen LogP contribution in [0.15, 0.2) is 12.1 Å². The molecule has 0 bridgehead atoms. The summed E-state index contributed by atoms with van der Waals surface area (Å²) in [7, 11) is 0. The Kier molecular flexibility index (Phi) is 7.71. The summed E-state index contributed by atoms with van der Waals surface area (Å²) in [6, 6.07) is 3.57. The smallest absolute Gasteiger partial charge is 0.303 e. The molecule has 0 aromatic carbocycles. The summed E-state index contributed by atoms with van der Waals surface area (Å²) in [6.07, 6.45) is -2.68. The maximum absolute atomic E-state index is 11.6. The SMILES string of the molecule is CC(=O)O[C@@H]1[C@@H](OC(C)=O)[C@H](OC(C)=O)CS[C@H]1Oc1ccc(C)nc1I. The van der Waals surface area contributed by atoms with Gasteiger partial charge in [-0.15, -0.1) is 11.8 Å². The van der Waals surface area contributed by atoms with Gasteiger partial charge in [-0.25, -0.2) is 4.98 Å². The fourth-order valence-electron chi connectivity index (χ4n) is 2.54. The van der Waals surface area contributed by atoms with Crippen LogP contribution >= 0.6 is 34.4 Å². The van der Waals surface area contributed by atoms with Gasteiger partial charge in [-0.3, -0.25) is 14.4 Å². The fraction of sp³-hybridized carbons (Fsp3) is 0.529. The van der Waals surface area contributed by atoms with Gasteiger partial charge in [0.1, 0.15) is 3.70 Å². The van der Waals surface area contributed by atoms with E-state index in [0.717, 1.165) is 5.69 Å². The first-order chi connectivity index (χ1) is 12.7. The summed E-state index contributed by atoms with van der Waals surface area (Å²) in [5.74, 6) is -0.826. The van der Waals surface area contributed by atoms with Crippen LogP contribution in [0.5, 0.6) is 5.75 Å². The Morgan fingerprint density at radius 3 is 2.19 bits per heavy atom. The minimum Gasteiger partial charge on any atom is -0.473 e. The van der Waals surface area contributed by atoms with E-state index in [-0.39, 0.29) is 0 Å². The molecular weight excluding hydrogens is 489 g/mol. The standard InChI is InChI=1S/C17H20INO7S/c1-8-5-6-12(16(18)19-8)26-17-15(25-11(4)22)14(24-10(3)21)13(7-27-17)23-9(2)20/h5-6,13-15,17H,7H2,1-4H3/t13-,14+,15-,17-/m1/s1. The lowest BCUT2D eigenvalue weighted by Gasteiger charge is -2.39. The van der Waals surface area contributed by atoms with Crippen molar-refractivity contribution in [1.29, 1.82) is 0 Å². The number of rotatable bonds is 5. The maximum Gasteiger partial charge on any atom is 0.303 e. The molecule has 1 aliphatic rings. The van der Waals surface area contributed by atoms with Gasteiger partial charge in [0, 0.05) is 32.2 Å². The van der Waals surface area contributed by atoms with Crippen molar-refractivity contribution in [3.05, 3.63) is 21.5 Å². The van der Waals surface area contributed by atoms with Crippen molar-refractivity contribution in [3.63, 3.8) is 0 Å². The molecule has 0 aliphatic carbocycles. The molecule has 1 saturated heterocycles. The van der Waals surface area contributed by atoms with Gasteiger partial charge < -0.3 is 18.9 Å². The summed E-state index contributed by atoms with van der Waals surface area (Å²) in [4.78, 5) is 38.9. The number of halogens is 1. The lowest BCUT2D eigenvalue weighted by atomic mass is 10.1. The second-order valence-electron chi connectivity index (χ2n) is 5.86. The normalized spacial score (nSPS) is 24.6. The minimum absolute atomic E-state index is 0.315. The molecule has 2 rings (SSSR count). The third-order valence-electron chi connectivity index (χ3n) is 3.50. The van der Waals surface area contributed by atoms with Gasteiger partial charge in [-0.05, 0) is 41.6 Å². The monoisotopic (exact) mass is 509 g/mol. The molecule has 1 aromatic heterocycles. The first-order valence-electron chi connectivity index (χ1n) is 8.10. The molecule has 0 saturated carbocycles. The summed E-state index contributed by atoms with van der Waals surface area (Å²) in [5.41, 5.74) is 0.176. The third kappa shape index (κ3) is 6.23.